The van der Waals surface area contributed by atoms with E-state index in [-0.39, 0.29) is 16.6 Å². The number of carbonyl (C=O) groups excluding carboxylic acids is 1. The fourth-order valence-corrected chi connectivity index (χ4v) is 3.65. The Morgan fingerprint density at radius 1 is 1.38 bits per heavy atom. The van der Waals surface area contributed by atoms with Crippen LogP contribution in [0.25, 0.3) is 0 Å². The monoisotopic (exact) mass is 312 g/mol. The van der Waals surface area contributed by atoms with Crippen molar-refractivity contribution in [1.29, 1.82) is 0 Å². The molecule has 1 aliphatic heterocycles. The number of hydrogen-bond acceptors (Lipinski definition) is 5. The molecule has 2 rings (SSSR count). The van der Waals surface area contributed by atoms with Crippen LogP contribution < -0.4 is 11.1 Å². The second-order valence-corrected chi connectivity index (χ2v) is 7.16. The Labute approximate surface area is 124 Å². The maximum atomic E-state index is 12.3. The van der Waals surface area contributed by atoms with Crippen molar-refractivity contribution in [3.05, 3.63) is 23.8 Å². The van der Waals surface area contributed by atoms with Crippen LogP contribution in [0.1, 0.15) is 18.4 Å². The van der Waals surface area contributed by atoms with Crippen molar-refractivity contribution in [2.24, 2.45) is 0 Å². The van der Waals surface area contributed by atoms with Gasteiger partial charge < -0.3 is 15.8 Å². The first-order valence-electron chi connectivity index (χ1n) is 6.85. The Bertz CT molecular complexity index is 622. The molecule has 1 amide bonds. The fraction of sp³-hybridized carbons (Fsp3) is 0.500. The molecule has 0 atom stereocenters. The van der Waals surface area contributed by atoms with Gasteiger partial charge in [0.25, 0.3) is 0 Å². The molecule has 1 heterocycles. The van der Waals surface area contributed by atoms with E-state index in [1.54, 1.807) is 19.1 Å². The molecule has 6 nitrogen and oxygen atoms in total. The number of rotatable bonds is 4. The summed E-state index contributed by atoms with van der Waals surface area (Å²) < 4.78 is 29.8. The predicted octanol–water partition coefficient (Wildman–Crippen LogP) is 0.646. The van der Waals surface area contributed by atoms with E-state index >= 15 is 0 Å². The number of nitrogen functional groups attached to an aromatic ring is 1. The van der Waals surface area contributed by atoms with E-state index < -0.39 is 21.5 Å². The zero-order valence-electron chi connectivity index (χ0n) is 12.0. The molecule has 0 radical (unpaired) electrons. The highest BCUT2D eigenvalue weighted by atomic mass is 32.2. The number of ether oxygens (including phenoxy) is 1. The molecule has 1 aromatic rings. The van der Waals surface area contributed by atoms with Crippen molar-refractivity contribution in [2.75, 3.05) is 24.7 Å². The topological polar surface area (TPSA) is 98.5 Å². The van der Waals surface area contributed by atoms with Gasteiger partial charge in [0.05, 0.1) is 10.6 Å². The quantitative estimate of drug-likeness (QED) is 0.795. The van der Waals surface area contributed by atoms with E-state index in [1.165, 1.54) is 6.07 Å². The number of para-hydroxylation sites is 1. The van der Waals surface area contributed by atoms with E-state index in [4.69, 9.17) is 10.5 Å². The molecule has 0 aromatic heterocycles. The van der Waals surface area contributed by atoms with Crippen LogP contribution in [-0.2, 0) is 19.4 Å². The summed E-state index contributed by atoms with van der Waals surface area (Å²) in [7, 11) is -3.73. The predicted molar refractivity (Wildman–Crippen MR) is 79.6 cm³/mol. The molecule has 1 aromatic carbocycles. The van der Waals surface area contributed by atoms with Gasteiger partial charge in [-0.05, 0) is 31.4 Å². The maximum absolute atomic E-state index is 12.3. The van der Waals surface area contributed by atoms with Crippen molar-refractivity contribution in [1.82, 2.24) is 5.32 Å². The summed E-state index contributed by atoms with van der Waals surface area (Å²) in [6, 6.07) is 4.77. The van der Waals surface area contributed by atoms with Gasteiger partial charge in [-0.1, -0.05) is 12.1 Å². The maximum Gasteiger partial charge on any atom is 0.235 e. The molecule has 0 bridgehead atoms. The first-order chi connectivity index (χ1) is 9.90. The van der Waals surface area contributed by atoms with Gasteiger partial charge in [0, 0.05) is 19.3 Å². The van der Waals surface area contributed by atoms with Crippen molar-refractivity contribution in [3.8, 4) is 0 Å². The van der Waals surface area contributed by atoms with Gasteiger partial charge in [0.15, 0.2) is 9.84 Å². The lowest BCUT2D eigenvalue weighted by Gasteiger charge is -2.23. The third-order valence-electron chi connectivity index (χ3n) is 3.53. The van der Waals surface area contributed by atoms with Crippen LogP contribution >= 0.6 is 0 Å². The summed E-state index contributed by atoms with van der Waals surface area (Å²) in [5.74, 6) is -1.08. The molecule has 0 spiro atoms. The summed E-state index contributed by atoms with van der Waals surface area (Å²) in [5, 5.41) is 2.74. The second-order valence-electron chi connectivity index (χ2n) is 5.20. The van der Waals surface area contributed by atoms with Crippen LogP contribution in [0.3, 0.4) is 0 Å². The van der Waals surface area contributed by atoms with E-state index in [9.17, 15) is 13.2 Å². The van der Waals surface area contributed by atoms with Crippen LogP contribution in [0.2, 0.25) is 0 Å². The molecule has 21 heavy (non-hydrogen) atoms. The van der Waals surface area contributed by atoms with Crippen LogP contribution in [0, 0.1) is 6.92 Å². The van der Waals surface area contributed by atoms with Crippen LogP contribution in [0.4, 0.5) is 5.69 Å². The molecule has 1 saturated heterocycles. The van der Waals surface area contributed by atoms with Gasteiger partial charge in [-0.25, -0.2) is 8.42 Å². The smallest absolute Gasteiger partial charge is 0.235 e. The van der Waals surface area contributed by atoms with Crippen LogP contribution in [-0.4, -0.2) is 39.3 Å². The lowest BCUT2D eigenvalue weighted by molar-refractivity contribution is -0.119. The van der Waals surface area contributed by atoms with Gasteiger partial charge in [-0.15, -0.1) is 0 Å². The lowest BCUT2D eigenvalue weighted by Crippen LogP contribution is -2.41. The number of nitrogens with two attached hydrogens (primary N) is 1. The fourth-order valence-electron chi connectivity index (χ4n) is 2.29. The van der Waals surface area contributed by atoms with Gasteiger partial charge >= 0.3 is 0 Å². The Balaban J connectivity index is 2.06. The average Bonchev–Trinajstić information content (AvgIpc) is 2.42. The van der Waals surface area contributed by atoms with Crippen molar-refractivity contribution in [2.45, 2.75) is 30.7 Å². The first-order valence-corrected chi connectivity index (χ1v) is 8.50. The SMILES string of the molecule is Cc1cccc(S(=O)(=O)CC(=O)NC2CCOCC2)c1N. The molecular weight excluding hydrogens is 292 g/mol. The number of benzene rings is 1. The van der Waals surface area contributed by atoms with Crippen LogP contribution in [0.15, 0.2) is 23.1 Å². The van der Waals surface area contributed by atoms with E-state index in [0.717, 1.165) is 0 Å². The highest BCUT2D eigenvalue weighted by molar-refractivity contribution is 7.92. The molecule has 3 N–H and O–H groups in total. The molecule has 0 saturated carbocycles. The lowest BCUT2D eigenvalue weighted by atomic mass is 10.1. The van der Waals surface area contributed by atoms with Crippen molar-refractivity contribution >= 4 is 21.4 Å². The highest BCUT2D eigenvalue weighted by Crippen LogP contribution is 2.22. The number of amides is 1. The van der Waals surface area contributed by atoms with Crippen molar-refractivity contribution < 1.29 is 17.9 Å². The summed E-state index contributed by atoms with van der Waals surface area (Å²) in [4.78, 5) is 11.9. The molecule has 7 heteroatoms. The molecule has 1 aliphatic rings. The third-order valence-corrected chi connectivity index (χ3v) is 5.20. The number of aryl methyl sites for hydroxylation is 1. The van der Waals surface area contributed by atoms with Gasteiger partial charge in [0.1, 0.15) is 5.75 Å². The van der Waals surface area contributed by atoms with Gasteiger partial charge in [-0.3, -0.25) is 4.79 Å². The van der Waals surface area contributed by atoms with Crippen molar-refractivity contribution in [3.63, 3.8) is 0 Å². The normalized spacial score (nSPS) is 16.6. The molecule has 1 fully saturated rings. The van der Waals surface area contributed by atoms with Crippen LogP contribution in [0.5, 0.6) is 0 Å². The number of anilines is 1. The molecular formula is C14H20N2O4S. The molecule has 116 valence electrons. The minimum Gasteiger partial charge on any atom is -0.397 e. The Morgan fingerprint density at radius 3 is 2.71 bits per heavy atom. The zero-order chi connectivity index (χ0) is 15.5. The Kier molecular flexibility index (Phi) is 4.84. The van der Waals surface area contributed by atoms with E-state index in [0.29, 0.717) is 31.6 Å². The third kappa shape index (κ3) is 3.95. The summed E-state index contributed by atoms with van der Waals surface area (Å²) in [5.41, 5.74) is 6.69. The van der Waals surface area contributed by atoms with E-state index in [2.05, 4.69) is 5.32 Å². The number of nitrogens with one attached hydrogen (secondary N) is 1. The minimum absolute atomic E-state index is 0.0173. The standard InChI is InChI=1S/C14H20N2O4S/c1-10-3-2-4-12(14(10)15)21(18,19)9-13(17)16-11-5-7-20-8-6-11/h2-4,11H,5-9,15H2,1H3,(H,16,17). The summed E-state index contributed by atoms with van der Waals surface area (Å²) in [6.45, 7) is 2.90. The summed E-state index contributed by atoms with van der Waals surface area (Å²) in [6.07, 6.45) is 1.41. The molecule has 0 aliphatic carbocycles. The highest BCUT2D eigenvalue weighted by Gasteiger charge is 2.24. The largest absolute Gasteiger partial charge is 0.397 e. The Morgan fingerprint density at radius 2 is 2.05 bits per heavy atom. The number of hydrogen-bond donors (Lipinski definition) is 2. The van der Waals surface area contributed by atoms with Gasteiger partial charge in [-0.2, -0.15) is 0 Å². The zero-order valence-corrected chi connectivity index (χ0v) is 12.8. The Hall–Kier alpha value is -1.60. The average molecular weight is 312 g/mol. The summed E-state index contributed by atoms with van der Waals surface area (Å²) >= 11 is 0. The number of sulfone groups is 1. The van der Waals surface area contributed by atoms with E-state index in [1.807, 2.05) is 0 Å². The van der Waals surface area contributed by atoms with Gasteiger partial charge in [0.2, 0.25) is 5.91 Å². The second kappa shape index (κ2) is 6.44. The first kappa shape index (κ1) is 15.8. The minimum atomic E-state index is -3.73. The molecule has 0 unspecified atom stereocenters. The number of carbonyl (C=O) groups is 1.